The molecule has 0 spiro atoms. The van der Waals surface area contributed by atoms with Crippen molar-refractivity contribution in [3.05, 3.63) is 35.6 Å². The van der Waals surface area contributed by atoms with Crippen LogP contribution in [0.1, 0.15) is 25.3 Å². The third-order valence-corrected chi connectivity index (χ3v) is 5.36. The zero-order valence-electron chi connectivity index (χ0n) is 11.0. The van der Waals surface area contributed by atoms with Crippen LogP contribution in [-0.2, 0) is 20.4 Å². The topological polar surface area (TPSA) is 55.4 Å². The molecule has 4 nitrogen and oxygen atoms in total. The Hall–Kier alpha value is -0.980. The van der Waals surface area contributed by atoms with Crippen LogP contribution in [-0.4, -0.2) is 27.3 Å². The fourth-order valence-electron chi connectivity index (χ4n) is 1.90. The van der Waals surface area contributed by atoms with Gasteiger partial charge in [-0.1, -0.05) is 18.2 Å². The zero-order valence-corrected chi connectivity index (χ0v) is 11.8. The predicted molar refractivity (Wildman–Crippen MR) is 70.7 cm³/mol. The molecule has 19 heavy (non-hydrogen) atoms. The number of rotatable bonds is 6. The smallest absolute Gasteiger partial charge is 0.214 e. The molecule has 1 unspecified atom stereocenters. The normalized spacial score (nSPS) is 19.1. The van der Waals surface area contributed by atoms with Crippen molar-refractivity contribution in [1.82, 2.24) is 4.72 Å². The van der Waals surface area contributed by atoms with E-state index in [1.807, 2.05) is 0 Å². The molecular weight excluding hydrogens is 269 g/mol. The van der Waals surface area contributed by atoms with Crippen LogP contribution in [0.3, 0.4) is 0 Å². The molecule has 1 N–H and O–H groups in total. The monoisotopic (exact) mass is 287 g/mol. The van der Waals surface area contributed by atoms with Gasteiger partial charge in [0.2, 0.25) is 10.0 Å². The molecule has 1 fully saturated rings. The molecule has 0 saturated heterocycles. The van der Waals surface area contributed by atoms with Gasteiger partial charge in [0.1, 0.15) is 11.4 Å². The maximum atomic E-state index is 13.8. The minimum atomic E-state index is -3.30. The Morgan fingerprint density at radius 2 is 2.05 bits per heavy atom. The van der Waals surface area contributed by atoms with Crippen LogP contribution in [0.2, 0.25) is 0 Å². The van der Waals surface area contributed by atoms with Crippen LogP contribution in [0, 0.1) is 5.82 Å². The van der Waals surface area contributed by atoms with E-state index in [2.05, 4.69) is 4.72 Å². The van der Waals surface area contributed by atoms with Crippen LogP contribution < -0.4 is 4.72 Å². The number of hydrogen-bond acceptors (Lipinski definition) is 3. The van der Waals surface area contributed by atoms with E-state index in [1.165, 1.54) is 13.2 Å². The van der Waals surface area contributed by atoms with Gasteiger partial charge in [-0.25, -0.2) is 17.5 Å². The molecule has 1 atom stereocenters. The zero-order chi connectivity index (χ0) is 14.1. The lowest BCUT2D eigenvalue weighted by Gasteiger charge is -2.29. The number of ether oxygens (including phenoxy) is 1. The van der Waals surface area contributed by atoms with Crippen molar-refractivity contribution in [2.24, 2.45) is 0 Å². The van der Waals surface area contributed by atoms with Gasteiger partial charge in [0.25, 0.3) is 0 Å². The number of sulfonamides is 1. The summed E-state index contributed by atoms with van der Waals surface area (Å²) in [6, 6.07) is 6.22. The molecule has 0 radical (unpaired) electrons. The second kappa shape index (κ2) is 5.19. The van der Waals surface area contributed by atoms with Crippen molar-refractivity contribution >= 4 is 10.0 Å². The lowest BCUT2D eigenvalue weighted by molar-refractivity contribution is 0.00410. The summed E-state index contributed by atoms with van der Waals surface area (Å²) in [5, 5.41) is -0.297. The Morgan fingerprint density at radius 3 is 2.58 bits per heavy atom. The summed E-state index contributed by atoms with van der Waals surface area (Å²) < 4.78 is 45.3. The standard InChI is InChI=1S/C13H18FNO3S/c1-13(18-2,11-5-3-4-6-12(11)14)9-15-19(16,17)10-7-8-10/h3-6,10,15H,7-9H2,1-2H3. The summed E-state index contributed by atoms with van der Waals surface area (Å²) in [7, 11) is -1.86. The molecule has 1 aliphatic carbocycles. The highest BCUT2D eigenvalue weighted by molar-refractivity contribution is 7.90. The summed E-state index contributed by atoms with van der Waals surface area (Å²) in [5.74, 6) is -0.405. The number of nitrogens with one attached hydrogen (secondary N) is 1. The Bertz CT molecular complexity index is 557. The highest BCUT2D eigenvalue weighted by Gasteiger charge is 2.38. The average molecular weight is 287 g/mol. The van der Waals surface area contributed by atoms with E-state index >= 15 is 0 Å². The fourth-order valence-corrected chi connectivity index (χ4v) is 3.37. The highest BCUT2D eigenvalue weighted by Crippen LogP contribution is 2.30. The van der Waals surface area contributed by atoms with Crippen molar-refractivity contribution in [2.45, 2.75) is 30.6 Å². The van der Waals surface area contributed by atoms with Gasteiger partial charge < -0.3 is 4.74 Å². The Labute approximate surface area is 113 Å². The maximum Gasteiger partial charge on any atom is 0.214 e. The molecule has 0 bridgehead atoms. The first-order chi connectivity index (χ1) is 8.89. The molecule has 106 valence electrons. The van der Waals surface area contributed by atoms with E-state index in [4.69, 9.17) is 4.74 Å². The summed E-state index contributed by atoms with van der Waals surface area (Å²) in [4.78, 5) is 0. The SMILES string of the molecule is COC(C)(CNS(=O)(=O)C1CC1)c1ccccc1F. The van der Waals surface area contributed by atoms with Crippen molar-refractivity contribution in [3.63, 3.8) is 0 Å². The van der Waals surface area contributed by atoms with Crippen LogP contribution in [0.15, 0.2) is 24.3 Å². The summed E-state index contributed by atoms with van der Waals surface area (Å²) in [6.45, 7) is 1.68. The van der Waals surface area contributed by atoms with Crippen LogP contribution >= 0.6 is 0 Å². The van der Waals surface area contributed by atoms with Gasteiger partial charge in [-0.3, -0.25) is 0 Å². The first-order valence-electron chi connectivity index (χ1n) is 6.18. The molecule has 0 heterocycles. The van der Waals surface area contributed by atoms with Crippen molar-refractivity contribution in [1.29, 1.82) is 0 Å². The minimum Gasteiger partial charge on any atom is -0.372 e. The van der Waals surface area contributed by atoms with Crippen LogP contribution in [0.5, 0.6) is 0 Å². The van der Waals surface area contributed by atoms with Gasteiger partial charge in [0.05, 0.1) is 5.25 Å². The first-order valence-corrected chi connectivity index (χ1v) is 7.72. The number of halogens is 1. The van der Waals surface area contributed by atoms with E-state index < -0.39 is 21.4 Å². The van der Waals surface area contributed by atoms with E-state index in [-0.39, 0.29) is 11.8 Å². The molecule has 0 aromatic heterocycles. The van der Waals surface area contributed by atoms with Crippen LogP contribution in [0.4, 0.5) is 4.39 Å². The molecule has 2 rings (SSSR count). The molecule has 1 aromatic rings. The summed E-state index contributed by atoms with van der Waals surface area (Å²) in [5.41, 5.74) is -0.677. The van der Waals surface area contributed by atoms with Gasteiger partial charge in [0, 0.05) is 19.2 Å². The highest BCUT2D eigenvalue weighted by atomic mass is 32.2. The molecule has 6 heteroatoms. The number of benzene rings is 1. The minimum absolute atomic E-state index is 0.0171. The fraction of sp³-hybridized carbons (Fsp3) is 0.538. The number of hydrogen-bond donors (Lipinski definition) is 1. The van der Waals surface area contributed by atoms with Crippen molar-refractivity contribution in [2.75, 3.05) is 13.7 Å². The van der Waals surface area contributed by atoms with Crippen molar-refractivity contribution in [3.8, 4) is 0 Å². The maximum absolute atomic E-state index is 13.8. The largest absolute Gasteiger partial charge is 0.372 e. The van der Waals surface area contributed by atoms with Gasteiger partial charge in [-0.05, 0) is 25.8 Å². The van der Waals surface area contributed by atoms with Gasteiger partial charge in [-0.15, -0.1) is 0 Å². The molecule has 1 saturated carbocycles. The van der Waals surface area contributed by atoms with E-state index in [1.54, 1.807) is 25.1 Å². The first kappa shape index (κ1) is 14.4. The van der Waals surface area contributed by atoms with E-state index in [0.717, 1.165) is 0 Å². The lowest BCUT2D eigenvalue weighted by Crippen LogP contribution is -2.41. The second-order valence-electron chi connectivity index (χ2n) is 4.98. The van der Waals surface area contributed by atoms with Crippen molar-refractivity contribution < 1.29 is 17.5 Å². The third-order valence-electron chi connectivity index (χ3n) is 3.47. The van der Waals surface area contributed by atoms with Gasteiger partial charge >= 0.3 is 0 Å². The van der Waals surface area contributed by atoms with Gasteiger partial charge in [0.15, 0.2) is 0 Å². The lowest BCUT2D eigenvalue weighted by atomic mass is 9.95. The molecule has 1 aliphatic rings. The quantitative estimate of drug-likeness (QED) is 0.867. The summed E-state index contributed by atoms with van der Waals surface area (Å²) >= 11 is 0. The van der Waals surface area contributed by atoms with E-state index in [0.29, 0.717) is 18.4 Å². The predicted octanol–water partition coefficient (Wildman–Crippen LogP) is 1.77. The number of methoxy groups -OCH3 is 1. The molecule has 0 aliphatic heterocycles. The Morgan fingerprint density at radius 1 is 1.42 bits per heavy atom. The second-order valence-corrected chi connectivity index (χ2v) is 7.03. The molecule has 1 aromatic carbocycles. The molecule has 0 amide bonds. The summed E-state index contributed by atoms with van der Waals surface area (Å²) in [6.07, 6.45) is 1.39. The average Bonchev–Trinajstić information content (AvgIpc) is 3.21. The van der Waals surface area contributed by atoms with Crippen LogP contribution in [0.25, 0.3) is 0 Å². The third kappa shape index (κ3) is 3.13. The van der Waals surface area contributed by atoms with E-state index in [9.17, 15) is 12.8 Å². The van der Waals surface area contributed by atoms with Gasteiger partial charge in [-0.2, -0.15) is 0 Å². The Balaban J connectivity index is 2.16. The Kier molecular flexibility index (Phi) is 3.94. The molecular formula is C13H18FNO3S.